The minimum atomic E-state index is -4.56. The molecule has 0 radical (unpaired) electrons. The van der Waals surface area contributed by atoms with Gasteiger partial charge in [0.25, 0.3) is 0 Å². The maximum atomic E-state index is 13.5. The molecule has 2 heterocycles. The van der Waals surface area contributed by atoms with Gasteiger partial charge in [-0.15, -0.1) is 5.10 Å². The molecule has 0 fully saturated rings. The zero-order chi connectivity index (χ0) is 18.4. The summed E-state index contributed by atoms with van der Waals surface area (Å²) in [6.45, 7) is 3.74. The average Bonchev–Trinajstić information content (AvgIpc) is 2.96. The first-order chi connectivity index (χ1) is 11.8. The number of nitrogens with two attached hydrogens (primary N) is 1. The van der Waals surface area contributed by atoms with E-state index in [9.17, 15) is 18.4 Å². The van der Waals surface area contributed by atoms with Crippen molar-refractivity contribution in [3.8, 4) is 11.9 Å². The standard InChI is InChI=1S/C17H15F3N4O/c1-8(2)14-13-12(9-5-3-4-6-11(9)17(18,19)20)10(7-21)15(22)25-16(13)24-23-14/h3-6,8,12H,22H2,1-2H3,(H,23,24)/t12-/m1/s1. The van der Waals surface area contributed by atoms with Crippen molar-refractivity contribution >= 4 is 0 Å². The molecule has 1 atom stereocenters. The summed E-state index contributed by atoms with van der Waals surface area (Å²) < 4.78 is 45.9. The summed E-state index contributed by atoms with van der Waals surface area (Å²) in [5.41, 5.74) is 5.87. The van der Waals surface area contributed by atoms with Crippen molar-refractivity contribution in [3.05, 3.63) is 58.1 Å². The predicted octanol–water partition coefficient (Wildman–Crippen LogP) is 3.77. The smallest absolute Gasteiger partial charge is 0.416 e. The number of ether oxygens (including phenoxy) is 1. The van der Waals surface area contributed by atoms with Crippen LogP contribution in [0, 0.1) is 11.3 Å². The number of nitriles is 1. The van der Waals surface area contributed by atoms with Gasteiger partial charge in [0, 0.05) is 5.69 Å². The van der Waals surface area contributed by atoms with Gasteiger partial charge in [-0.1, -0.05) is 32.0 Å². The van der Waals surface area contributed by atoms with E-state index in [2.05, 4.69) is 10.2 Å². The lowest BCUT2D eigenvalue weighted by Gasteiger charge is -2.26. The van der Waals surface area contributed by atoms with Crippen molar-refractivity contribution in [2.45, 2.75) is 31.9 Å². The summed E-state index contributed by atoms with van der Waals surface area (Å²) in [6.07, 6.45) is -4.56. The van der Waals surface area contributed by atoms with Gasteiger partial charge in [0.15, 0.2) is 0 Å². The average molecular weight is 348 g/mol. The molecule has 130 valence electrons. The monoisotopic (exact) mass is 348 g/mol. The summed E-state index contributed by atoms with van der Waals surface area (Å²) in [4.78, 5) is 0. The second-order valence-corrected chi connectivity index (χ2v) is 6.02. The molecule has 0 amide bonds. The molecule has 5 nitrogen and oxygen atoms in total. The Hall–Kier alpha value is -2.95. The molecule has 0 spiro atoms. The van der Waals surface area contributed by atoms with Crippen molar-refractivity contribution in [3.63, 3.8) is 0 Å². The number of hydrogen-bond acceptors (Lipinski definition) is 4. The Bertz CT molecular complexity index is 890. The fourth-order valence-electron chi connectivity index (χ4n) is 3.03. The van der Waals surface area contributed by atoms with Gasteiger partial charge in [-0.3, -0.25) is 5.10 Å². The van der Waals surface area contributed by atoms with Crippen LogP contribution in [0.1, 0.15) is 48.1 Å². The molecule has 0 saturated carbocycles. The minimum Gasteiger partial charge on any atom is -0.420 e. The van der Waals surface area contributed by atoms with E-state index >= 15 is 0 Å². The summed E-state index contributed by atoms with van der Waals surface area (Å²) in [7, 11) is 0. The molecule has 25 heavy (non-hydrogen) atoms. The number of nitrogens with one attached hydrogen (secondary N) is 1. The largest absolute Gasteiger partial charge is 0.420 e. The first-order valence-electron chi connectivity index (χ1n) is 7.57. The number of alkyl halides is 3. The lowest BCUT2D eigenvalue weighted by atomic mass is 9.80. The molecule has 0 bridgehead atoms. The highest BCUT2D eigenvalue weighted by Gasteiger charge is 2.41. The Morgan fingerprint density at radius 2 is 2.00 bits per heavy atom. The third-order valence-electron chi connectivity index (χ3n) is 4.12. The van der Waals surface area contributed by atoms with E-state index in [0.717, 1.165) is 6.07 Å². The SMILES string of the molecule is CC(C)c1[nH]nc2c1[C@H](c1ccccc1C(F)(F)F)C(C#N)=C(N)O2. The molecule has 1 aromatic carbocycles. The van der Waals surface area contributed by atoms with Crippen LogP contribution in [-0.4, -0.2) is 10.2 Å². The highest BCUT2D eigenvalue weighted by molar-refractivity contribution is 5.57. The van der Waals surface area contributed by atoms with Gasteiger partial charge < -0.3 is 10.5 Å². The topological polar surface area (TPSA) is 87.7 Å². The van der Waals surface area contributed by atoms with Gasteiger partial charge in [-0.2, -0.15) is 18.4 Å². The zero-order valence-corrected chi connectivity index (χ0v) is 13.5. The van der Waals surface area contributed by atoms with E-state index in [4.69, 9.17) is 10.5 Å². The lowest BCUT2D eigenvalue weighted by molar-refractivity contribution is -0.138. The van der Waals surface area contributed by atoms with Crippen molar-refractivity contribution in [2.24, 2.45) is 5.73 Å². The normalized spacial score (nSPS) is 17.2. The Labute approximate surface area is 141 Å². The summed E-state index contributed by atoms with van der Waals surface area (Å²) in [5, 5.41) is 16.3. The van der Waals surface area contributed by atoms with Gasteiger partial charge in [0.1, 0.15) is 11.6 Å². The number of allylic oxidation sites excluding steroid dienone is 1. The highest BCUT2D eigenvalue weighted by atomic mass is 19.4. The van der Waals surface area contributed by atoms with Gasteiger partial charge >= 0.3 is 6.18 Å². The van der Waals surface area contributed by atoms with E-state index in [1.165, 1.54) is 18.2 Å². The fraction of sp³-hybridized carbons (Fsp3) is 0.294. The van der Waals surface area contributed by atoms with Crippen LogP contribution < -0.4 is 10.5 Å². The molecule has 1 aliphatic heterocycles. The molecule has 3 rings (SSSR count). The molecule has 0 unspecified atom stereocenters. The number of hydrogen-bond donors (Lipinski definition) is 2. The van der Waals surface area contributed by atoms with Crippen LogP contribution in [-0.2, 0) is 6.18 Å². The van der Waals surface area contributed by atoms with Crippen molar-refractivity contribution in [2.75, 3.05) is 0 Å². The van der Waals surface area contributed by atoms with Crippen LogP contribution >= 0.6 is 0 Å². The first-order valence-corrected chi connectivity index (χ1v) is 7.57. The number of benzene rings is 1. The highest BCUT2D eigenvalue weighted by Crippen LogP contribution is 2.47. The molecule has 1 aliphatic rings. The summed E-state index contributed by atoms with van der Waals surface area (Å²) >= 11 is 0. The van der Waals surface area contributed by atoms with Crippen molar-refractivity contribution < 1.29 is 17.9 Å². The fourth-order valence-corrected chi connectivity index (χ4v) is 3.03. The first kappa shape index (κ1) is 16.9. The molecule has 3 N–H and O–H groups in total. The second-order valence-electron chi connectivity index (χ2n) is 6.02. The predicted molar refractivity (Wildman–Crippen MR) is 83.4 cm³/mol. The van der Waals surface area contributed by atoms with E-state index < -0.39 is 17.7 Å². The Morgan fingerprint density at radius 1 is 1.32 bits per heavy atom. The maximum absolute atomic E-state index is 13.5. The molecule has 2 aromatic rings. The van der Waals surface area contributed by atoms with Crippen molar-refractivity contribution in [1.82, 2.24) is 10.2 Å². The van der Waals surface area contributed by atoms with Crippen LogP contribution in [0.5, 0.6) is 5.88 Å². The van der Waals surface area contributed by atoms with Crippen LogP contribution in [0.25, 0.3) is 0 Å². The van der Waals surface area contributed by atoms with E-state index in [-0.39, 0.29) is 28.8 Å². The summed E-state index contributed by atoms with van der Waals surface area (Å²) in [5.74, 6) is -1.19. The molecule has 0 saturated heterocycles. The van der Waals surface area contributed by atoms with E-state index in [1.54, 1.807) is 0 Å². The van der Waals surface area contributed by atoms with E-state index in [1.807, 2.05) is 19.9 Å². The van der Waals surface area contributed by atoms with Crippen LogP contribution in [0.3, 0.4) is 0 Å². The number of nitrogens with zero attached hydrogens (tertiary/aromatic N) is 2. The molecular weight excluding hydrogens is 333 g/mol. The maximum Gasteiger partial charge on any atom is 0.416 e. The van der Waals surface area contributed by atoms with E-state index in [0.29, 0.717) is 11.3 Å². The molecule has 8 heteroatoms. The number of H-pyrrole nitrogens is 1. The number of aromatic amines is 1. The second kappa shape index (κ2) is 5.84. The molecule has 1 aromatic heterocycles. The third kappa shape index (κ3) is 2.71. The quantitative estimate of drug-likeness (QED) is 0.865. The van der Waals surface area contributed by atoms with Gasteiger partial charge in [0.2, 0.25) is 11.8 Å². The number of rotatable bonds is 2. The minimum absolute atomic E-state index is 0.0534. The van der Waals surface area contributed by atoms with Crippen LogP contribution in [0.2, 0.25) is 0 Å². The van der Waals surface area contributed by atoms with Gasteiger partial charge in [-0.25, -0.2) is 0 Å². The van der Waals surface area contributed by atoms with Crippen LogP contribution in [0.4, 0.5) is 13.2 Å². The van der Waals surface area contributed by atoms with Crippen molar-refractivity contribution in [1.29, 1.82) is 5.26 Å². The van der Waals surface area contributed by atoms with Crippen LogP contribution in [0.15, 0.2) is 35.7 Å². The molecule has 0 aliphatic carbocycles. The Balaban J connectivity index is 2.32. The van der Waals surface area contributed by atoms with Gasteiger partial charge in [-0.05, 0) is 17.5 Å². The third-order valence-corrected chi connectivity index (χ3v) is 4.12. The van der Waals surface area contributed by atoms with Gasteiger partial charge in [0.05, 0.1) is 17.0 Å². The Morgan fingerprint density at radius 3 is 2.60 bits per heavy atom. The molecular formula is C17H15F3N4O. The number of halogens is 3. The zero-order valence-electron chi connectivity index (χ0n) is 13.5. The number of aromatic nitrogens is 2. The lowest BCUT2D eigenvalue weighted by Crippen LogP contribution is -2.23. The number of fused-ring (bicyclic) bond motifs is 1. The summed E-state index contributed by atoms with van der Waals surface area (Å²) in [6, 6.07) is 7.05. The Kier molecular flexibility index (Phi) is 3.95.